The Bertz CT molecular complexity index is 506. The molecule has 6 heteroatoms. The van der Waals surface area contributed by atoms with Crippen LogP contribution in [0.5, 0.6) is 5.75 Å². The lowest BCUT2D eigenvalue weighted by molar-refractivity contribution is 0.272. The van der Waals surface area contributed by atoms with Crippen LogP contribution in [0, 0.1) is 11.6 Å². The lowest BCUT2D eigenvalue weighted by Gasteiger charge is -2.09. The molecule has 0 unspecified atom stereocenters. The summed E-state index contributed by atoms with van der Waals surface area (Å²) in [5.74, 6) is -1.78. The van der Waals surface area contributed by atoms with Crippen LogP contribution >= 0.6 is 0 Å². The highest BCUT2D eigenvalue weighted by molar-refractivity contribution is 5.31. The molecule has 1 aromatic carbocycles. The summed E-state index contributed by atoms with van der Waals surface area (Å²) in [5.41, 5.74) is 5.73. The fourth-order valence-corrected chi connectivity index (χ4v) is 1.71. The first-order valence-corrected chi connectivity index (χ1v) is 5.97. The van der Waals surface area contributed by atoms with Crippen molar-refractivity contribution in [3.63, 3.8) is 0 Å². The van der Waals surface area contributed by atoms with E-state index < -0.39 is 11.6 Å². The van der Waals surface area contributed by atoms with Gasteiger partial charge >= 0.3 is 0 Å². The van der Waals surface area contributed by atoms with E-state index in [1.165, 1.54) is 12.1 Å². The highest BCUT2D eigenvalue weighted by Crippen LogP contribution is 2.23. The number of imidazole rings is 1. The third-order valence-electron chi connectivity index (χ3n) is 2.66. The number of hydrogen-bond acceptors (Lipinski definition) is 3. The van der Waals surface area contributed by atoms with Crippen LogP contribution < -0.4 is 10.5 Å². The Morgan fingerprint density at radius 1 is 1.26 bits per heavy atom. The zero-order valence-electron chi connectivity index (χ0n) is 10.4. The minimum Gasteiger partial charge on any atom is -0.488 e. The first-order chi connectivity index (χ1) is 9.20. The maximum Gasteiger partial charge on any atom is 0.190 e. The molecule has 0 amide bonds. The lowest BCUT2D eigenvalue weighted by atomic mass is 10.2. The van der Waals surface area contributed by atoms with E-state index in [-0.39, 0.29) is 18.9 Å². The Hall–Kier alpha value is -1.95. The maximum atomic E-state index is 13.6. The van der Waals surface area contributed by atoms with Crippen molar-refractivity contribution >= 4 is 0 Å². The molecule has 2 N–H and O–H groups in total. The van der Waals surface area contributed by atoms with Gasteiger partial charge in [0.05, 0.1) is 12.9 Å². The third-order valence-corrected chi connectivity index (χ3v) is 2.66. The van der Waals surface area contributed by atoms with Crippen molar-refractivity contribution in [2.45, 2.75) is 19.5 Å². The summed E-state index contributed by atoms with van der Waals surface area (Å²) in [7, 11) is 0. The summed E-state index contributed by atoms with van der Waals surface area (Å²) in [4.78, 5) is 3.90. The molecule has 0 spiro atoms. The van der Waals surface area contributed by atoms with Crippen molar-refractivity contribution in [1.29, 1.82) is 0 Å². The van der Waals surface area contributed by atoms with Crippen molar-refractivity contribution < 1.29 is 13.5 Å². The molecule has 4 nitrogen and oxygen atoms in total. The van der Waals surface area contributed by atoms with Crippen LogP contribution in [-0.2, 0) is 13.1 Å². The van der Waals surface area contributed by atoms with E-state index in [1.54, 1.807) is 12.5 Å². The minimum absolute atomic E-state index is 0.0920. The Morgan fingerprint density at radius 2 is 2.00 bits per heavy atom. The summed E-state index contributed by atoms with van der Waals surface area (Å²) < 4.78 is 34.1. The van der Waals surface area contributed by atoms with Gasteiger partial charge in [-0.2, -0.15) is 0 Å². The van der Waals surface area contributed by atoms with Crippen molar-refractivity contribution in [1.82, 2.24) is 9.55 Å². The lowest BCUT2D eigenvalue weighted by Crippen LogP contribution is -2.06. The molecule has 2 aromatic rings. The first kappa shape index (κ1) is 13.5. The number of nitrogens with two attached hydrogens (primary N) is 1. The Balaban J connectivity index is 1.89. The van der Waals surface area contributed by atoms with Gasteiger partial charge in [0.2, 0.25) is 0 Å². The fourth-order valence-electron chi connectivity index (χ4n) is 1.71. The highest BCUT2D eigenvalue weighted by Gasteiger charge is 2.12. The van der Waals surface area contributed by atoms with E-state index in [0.717, 1.165) is 0 Å². The summed E-state index contributed by atoms with van der Waals surface area (Å²) in [6.45, 7) is 1.01. The molecule has 0 fully saturated rings. The van der Waals surface area contributed by atoms with Gasteiger partial charge in [-0.3, -0.25) is 0 Å². The van der Waals surface area contributed by atoms with Crippen LogP contribution in [0.3, 0.4) is 0 Å². The molecule has 0 bridgehead atoms. The van der Waals surface area contributed by atoms with Crippen molar-refractivity contribution in [3.8, 4) is 5.75 Å². The Morgan fingerprint density at radius 3 is 2.58 bits per heavy atom. The topological polar surface area (TPSA) is 53.1 Å². The van der Waals surface area contributed by atoms with Crippen LogP contribution in [0.25, 0.3) is 0 Å². The van der Waals surface area contributed by atoms with Gasteiger partial charge in [-0.15, -0.1) is 0 Å². The molecule has 19 heavy (non-hydrogen) atoms. The SMILES string of the molecule is NCc1cc(F)c(OCCCn2ccnc2)c(F)c1. The number of aryl methyl sites for hydroxylation is 1. The molecule has 0 saturated carbocycles. The molecule has 0 aliphatic carbocycles. The molecule has 102 valence electrons. The molecule has 2 rings (SSSR count). The Labute approximate surface area is 109 Å². The number of aromatic nitrogens is 2. The number of halogens is 2. The zero-order valence-corrected chi connectivity index (χ0v) is 10.4. The van der Waals surface area contributed by atoms with E-state index in [2.05, 4.69) is 4.98 Å². The highest BCUT2D eigenvalue weighted by atomic mass is 19.1. The van der Waals surface area contributed by atoms with Gasteiger partial charge in [-0.25, -0.2) is 13.8 Å². The largest absolute Gasteiger partial charge is 0.488 e. The van der Waals surface area contributed by atoms with Crippen LogP contribution in [0.4, 0.5) is 8.78 Å². The molecule has 0 saturated heterocycles. The predicted molar refractivity (Wildman–Crippen MR) is 66.6 cm³/mol. The second-order valence-electron chi connectivity index (χ2n) is 4.10. The van der Waals surface area contributed by atoms with Gasteiger partial charge in [0.25, 0.3) is 0 Å². The minimum atomic E-state index is -0.719. The first-order valence-electron chi connectivity index (χ1n) is 5.97. The van der Waals surface area contributed by atoms with Gasteiger partial charge in [0, 0.05) is 25.5 Å². The summed E-state index contributed by atoms with van der Waals surface area (Å²) in [5, 5.41) is 0. The number of rotatable bonds is 6. The van der Waals surface area contributed by atoms with Crippen LogP contribution in [0.15, 0.2) is 30.9 Å². The zero-order chi connectivity index (χ0) is 13.7. The molecule has 0 atom stereocenters. The van der Waals surface area contributed by atoms with E-state index in [9.17, 15) is 8.78 Å². The molecular weight excluding hydrogens is 252 g/mol. The summed E-state index contributed by atoms with van der Waals surface area (Å²) >= 11 is 0. The maximum absolute atomic E-state index is 13.6. The molecule has 0 aliphatic rings. The second kappa shape index (κ2) is 6.29. The number of ether oxygens (including phenoxy) is 1. The fraction of sp³-hybridized carbons (Fsp3) is 0.308. The monoisotopic (exact) mass is 267 g/mol. The summed E-state index contributed by atoms with van der Waals surface area (Å²) in [6.07, 6.45) is 5.80. The van der Waals surface area contributed by atoms with E-state index in [1.807, 2.05) is 10.8 Å². The van der Waals surface area contributed by atoms with Gasteiger partial charge in [0.1, 0.15) is 0 Å². The molecule has 1 heterocycles. The van der Waals surface area contributed by atoms with Gasteiger partial charge in [-0.05, 0) is 24.1 Å². The predicted octanol–water partition coefficient (Wildman–Crippen LogP) is 2.09. The van der Waals surface area contributed by atoms with Gasteiger partial charge in [0.15, 0.2) is 17.4 Å². The van der Waals surface area contributed by atoms with Gasteiger partial charge in [-0.1, -0.05) is 0 Å². The van der Waals surface area contributed by atoms with E-state index in [4.69, 9.17) is 10.5 Å². The number of benzene rings is 1. The van der Waals surface area contributed by atoms with Crippen molar-refractivity contribution in [2.24, 2.45) is 5.73 Å². The Kier molecular flexibility index (Phi) is 4.46. The van der Waals surface area contributed by atoms with Crippen LogP contribution in [0.1, 0.15) is 12.0 Å². The van der Waals surface area contributed by atoms with Crippen molar-refractivity contribution in [3.05, 3.63) is 48.1 Å². The average molecular weight is 267 g/mol. The standard InChI is InChI=1S/C13H15F2N3O/c14-11-6-10(8-16)7-12(15)13(11)19-5-1-3-18-4-2-17-9-18/h2,4,6-7,9H,1,3,5,8,16H2. The molecular formula is C13H15F2N3O. The van der Waals surface area contributed by atoms with E-state index >= 15 is 0 Å². The smallest absolute Gasteiger partial charge is 0.190 e. The van der Waals surface area contributed by atoms with Crippen LogP contribution in [-0.4, -0.2) is 16.2 Å². The van der Waals surface area contributed by atoms with Crippen molar-refractivity contribution in [2.75, 3.05) is 6.61 Å². The van der Waals surface area contributed by atoms with Crippen LogP contribution in [0.2, 0.25) is 0 Å². The summed E-state index contributed by atoms with van der Waals surface area (Å²) in [6, 6.07) is 2.38. The number of nitrogens with zero attached hydrogens (tertiary/aromatic N) is 2. The molecule has 0 aliphatic heterocycles. The average Bonchev–Trinajstić information content (AvgIpc) is 2.89. The normalized spacial score (nSPS) is 10.7. The second-order valence-corrected chi connectivity index (χ2v) is 4.10. The molecule has 0 radical (unpaired) electrons. The number of hydrogen-bond donors (Lipinski definition) is 1. The quantitative estimate of drug-likeness (QED) is 0.815. The van der Waals surface area contributed by atoms with E-state index in [0.29, 0.717) is 18.5 Å². The third kappa shape index (κ3) is 3.51. The van der Waals surface area contributed by atoms with Gasteiger partial charge < -0.3 is 15.0 Å². The molecule has 1 aromatic heterocycles.